The van der Waals surface area contributed by atoms with Crippen molar-refractivity contribution in [1.29, 1.82) is 0 Å². The Morgan fingerprint density at radius 2 is 1.46 bits per heavy atom. The van der Waals surface area contributed by atoms with E-state index in [0.29, 0.717) is 5.58 Å². The lowest BCUT2D eigenvalue weighted by atomic mass is 10.0. The quantitative estimate of drug-likeness (QED) is 0.207. The summed E-state index contributed by atoms with van der Waals surface area (Å²) in [4.78, 5) is 12.0. The third-order valence-electron chi connectivity index (χ3n) is 7.05. The molecule has 5 rings (SSSR count). The molecule has 5 heteroatoms. The lowest BCUT2D eigenvalue weighted by Crippen LogP contribution is -2.68. The van der Waals surface area contributed by atoms with Gasteiger partial charge in [-0.3, -0.25) is 0 Å². The second kappa shape index (κ2) is 8.50. The molecule has 180 valence electrons. The van der Waals surface area contributed by atoms with Crippen LogP contribution < -0.4 is 20.4 Å². The molecule has 4 aromatic rings. The first-order valence-corrected chi connectivity index (χ1v) is 14.1. The van der Waals surface area contributed by atoms with Gasteiger partial charge in [0.25, 0.3) is 0 Å². The highest BCUT2D eigenvalue weighted by Gasteiger charge is 2.53. The van der Waals surface area contributed by atoms with Gasteiger partial charge in [0.05, 0.1) is 11.7 Å². The average Bonchev–Trinajstić information content (AvgIpc) is 3.43. The maximum Gasteiger partial charge on any atom is 0.336 e. The molecule has 4 nitrogen and oxygen atoms in total. The molecule has 0 N–H and O–H groups in total. The molecule has 0 amide bonds. The molecule has 1 fully saturated rings. The van der Waals surface area contributed by atoms with Gasteiger partial charge in [-0.1, -0.05) is 81.4 Å². The number of ether oxygens (including phenoxy) is 1. The van der Waals surface area contributed by atoms with Gasteiger partial charge in [0.15, 0.2) is 0 Å². The van der Waals surface area contributed by atoms with Gasteiger partial charge in [-0.25, -0.2) is 4.79 Å². The SMILES string of the molecule is CC1(C)O[C@@H]1Cc1cc2ccc(=O)oc2cc1O[Si](c1ccccc1)(c1ccccc1)C(C)(C)C. The monoisotopic (exact) mass is 484 g/mol. The Morgan fingerprint density at radius 1 is 0.886 bits per heavy atom. The van der Waals surface area contributed by atoms with E-state index >= 15 is 0 Å². The molecule has 1 saturated heterocycles. The van der Waals surface area contributed by atoms with Crippen LogP contribution in [0, 0.1) is 0 Å². The zero-order chi connectivity index (χ0) is 24.8. The van der Waals surface area contributed by atoms with Gasteiger partial charge in [0.1, 0.15) is 11.3 Å². The van der Waals surface area contributed by atoms with Crippen molar-refractivity contribution < 1.29 is 13.6 Å². The summed E-state index contributed by atoms with van der Waals surface area (Å²) in [5.74, 6) is 0.757. The van der Waals surface area contributed by atoms with Crippen LogP contribution >= 0.6 is 0 Å². The number of hydrogen-bond donors (Lipinski definition) is 0. The highest BCUT2D eigenvalue weighted by molar-refractivity contribution is 7.00. The minimum Gasteiger partial charge on any atom is -0.534 e. The van der Waals surface area contributed by atoms with Gasteiger partial charge in [-0.05, 0) is 47.0 Å². The first-order chi connectivity index (χ1) is 16.6. The molecule has 0 spiro atoms. The lowest BCUT2D eigenvalue weighted by molar-refractivity contribution is 0.323. The fraction of sp³-hybridized carbons (Fsp3) is 0.300. The molecule has 0 bridgehead atoms. The van der Waals surface area contributed by atoms with Crippen LogP contribution in [0.15, 0.2) is 94.1 Å². The number of hydrogen-bond acceptors (Lipinski definition) is 4. The zero-order valence-corrected chi connectivity index (χ0v) is 22.0. The first kappa shape index (κ1) is 23.6. The van der Waals surface area contributed by atoms with Crippen molar-refractivity contribution in [3.63, 3.8) is 0 Å². The van der Waals surface area contributed by atoms with Crippen LogP contribution in [0.5, 0.6) is 5.75 Å². The Bertz CT molecular complexity index is 1360. The van der Waals surface area contributed by atoms with E-state index in [1.165, 1.54) is 16.4 Å². The van der Waals surface area contributed by atoms with Gasteiger partial charge in [0.2, 0.25) is 0 Å². The molecule has 3 aromatic carbocycles. The predicted octanol–water partition coefficient (Wildman–Crippen LogP) is 5.45. The third kappa shape index (κ3) is 4.35. The van der Waals surface area contributed by atoms with Crippen molar-refractivity contribution in [2.45, 2.75) is 57.8 Å². The van der Waals surface area contributed by atoms with E-state index in [4.69, 9.17) is 13.6 Å². The highest BCUT2D eigenvalue weighted by Crippen LogP contribution is 2.42. The van der Waals surface area contributed by atoms with Crippen molar-refractivity contribution >= 4 is 29.7 Å². The number of fused-ring (bicyclic) bond motifs is 1. The molecule has 0 radical (unpaired) electrons. The largest absolute Gasteiger partial charge is 0.534 e. The molecule has 1 atom stereocenters. The number of benzene rings is 3. The minimum absolute atomic E-state index is 0.122. The molecule has 1 aliphatic rings. The van der Waals surface area contributed by atoms with Crippen molar-refractivity contribution in [2.24, 2.45) is 0 Å². The normalized spacial score (nSPS) is 17.3. The lowest BCUT2D eigenvalue weighted by Gasteiger charge is -2.43. The maximum atomic E-state index is 12.0. The van der Waals surface area contributed by atoms with E-state index in [9.17, 15) is 4.79 Å². The van der Waals surface area contributed by atoms with Crippen LogP contribution in [0.3, 0.4) is 0 Å². The molecule has 1 aliphatic heterocycles. The van der Waals surface area contributed by atoms with Crippen LogP contribution in [0.4, 0.5) is 0 Å². The summed E-state index contributed by atoms with van der Waals surface area (Å²) in [5, 5.41) is 3.09. The van der Waals surface area contributed by atoms with E-state index in [1.807, 2.05) is 24.3 Å². The fourth-order valence-electron chi connectivity index (χ4n) is 5.03. The van der Waals surface area contributed by atoms with Gasteiger partial charge in [-0.15, -0.1) is 0 Å². The second-order valence-electron chi connectivity index (χ2n) is 10.9. The molecule has 1 aromatic heterocycles. The van der Waals surface area contributed by atoms with E-state index in [0.717, 1.165) is 23.1 Å². The van der Waals surface area contributed by atoms with Crippen LogP contribution in [0.2, 0.25) is 5.04 Å². The summed E-state index contributed by atoms with van der Waals surface area (Å²) < 4.78 is 18.9. The highest BCUT2D eigenvalue weighted by atomic mass is 28.4. The minimum atomic E-state index is -2.85. The summed E-state index contributed by atoms with van der Waals surface area (Å²) >= 11 is 0. The van der Waals surface area contributed by atoms with E-state index in [2.05, 4.69) is 89.2 Å². The molecular weight excluding hydrogens is 452 g/mol. The Balaban J connectivity index is 1.74. The molecule has 0 unspecified atom stereocenters. The summed E-state index contributed by atoms with van der Waals surface area (Å²) in [6, 6.07) is 28.4. The van der Waals surface area contributed by atoms with Crippen LogP contribution in [-0.4, -0.2) is 20.0 Å². The Kier molecular flexibility index (Phi) is 5.73. The number of rotatable bonds is 6. The van der Waals surface area contributed by atoms with Crippen LogP contribution in [-0.2, 0) is 11.2 Å². The molecule has 0 saturated carbocycles. The van der Waals surface area contributed by atoms with Crippen LogP contribution in [0.1, 0.15) is 40.2 Å². The molecular formula is C30H32O4Si. The van der Waals surface area contributed by atoms with Crippen molar-refractivity contribution in [3.8, 4) is 5.75 Å². The van der Waals surface area contributed by atoms with Gasteiger partial charge < -0.3 is 13.6 Å². The third-order valence-corrected chi connectivity index (χ3v) is 12.0. The Morgan fingerprint density at radius 3 is 1.97 bits per heavy atom. The van der Waals surface area contributed by atoms with Gasteiger partial charge in [-0.2, -0.15) is 0 Å². The predicted molar refractivity (Wildman–Crippen MR) is 143 cm³/mol. The number of epoxide rings is 1. The molecule has 35 heavy (non-hydrogen) atoms. The topological polar surface area (TPSA) is 52.0 Å². The zero-order valence-electron chi connectivity index (χ0n) is 21.0. The van der Waals surface area contributed by atoms with E-state index in [1.54, 1.807) is 0 Å². The van der Waals surface area contributed by atoms with E-state index in [-0.39, 0.29) is 22.4 Å². The van der Waals surface area contributed by atoms with Crippen molar-refractivity contribution in [3.05, 3.63) is 101 Å². The first-order valence-electron chi connectivity index (χ1n) is 12.1. The van der Waals surface area contributed by atoms with Crippen molar-refractivity contribution in [2.75, 3.05) is 0 Å². The Labute approximate surface area is 207 Å². The fourth-order valence-corrected chi connectivity index (χ4v) is 9.48. The van der Waals surface area contributed by atoms with Crippen LogP contribution in [0.25, 0.3) is 11.0 Å². The van der Waals surface area contributed by atoms with Gasteiger partial charge >= 0.3 is 13.9 Å². The maximum absolute atomic E-state index is 12.0. The molecule has 2 heterocycles. The standard InChI is InChI=1S/C30H32O4Si/c1-29(2,3)35(23-12-8-6-9-13-23,24-14-10-7-11-15-24)34-26-20-25-21(16-17-28(31)32-25)18-22(26)19-27-30(4,5)33-27/h6-18,20,27H,19H2,1-5H3/t27-/m1/s1. The molecule has 0 aliphatic carbocycles. The summed E-state index contributed by atoms with van der Waals surface area (Å²) in [5.41, 5.74) is 1.08. The summed E-state index contributed by atoms with van der Waals surface area (Å²) in [6.07, 6.45) is 0.854. The van der Waals surface area contributed by atoms with Gasteiger partial charge in [0, 0.05) is 23.9 Å². The summed E-state index contributed by atoms with van der Waals surface area (Å²) in [7, 11) is -2.85. The summed E-state index contributed by atoms with van der Waals surface area (Å²) in [6.45, 7) is 11.0. The Hall–Kier alpha value is -3.15. The van der Waals surface area contributed by atoms with E-state index < -0.39 is 8.32 Å². The average molecular weight is 485 g/mol. The van der Waals surface area contributed by atoms with Crippen molar-refractivity contribution in [1.82, 2.24) is 0 Å². The smallest absolute Gasteiger partial charge is 0.336 e. The second-order valence-corrected chi connectivity index (χ2v) is 15.2.